The molecule has 164 valence electrons. The Morgan fingerprint density at radius 2 is 1.61 bits per heavy atom. The molecular formula is C24H18F3N2NaO3. The van der Waals surface area contributed by atoms with Gasteiger partial charge in [-0.3, -0.25) is 4.79 Å². The van der Waals surface area contributed by atoms with Crippen LogP contribution in [0.25, 0.3) is 22.0 Å². The number of rotatable bonds is 4. The molecule has 1 amide bonds. The summed E-state index contributed by atoms with van der Waals surface area (Å²) in [6.07, 6.45) is -4.44. The zero-order valence-electron chi connectivity index (χ0n) is 16.8. The molecule has 0 spiro atoms. The van der Waals surface area contributed by atoms with Crippen LogP contribution in [0.1, 0.15) is 26.4 Å². The van der Waals surface area contributed by atoms with E-state index < -0.39 is 23.6 Å². The first kappa shape index (κ1) is 24.6. The van der Waals surface area contributed by atoms with Gasteiger partial charge in [0.25, 0.3) is 5.91 Å². The minimum absolute atomic E-state index is 0. The second-order valence-corrected chi connectivity index (χ2v) is 7.24. The molecule has 0 bridgehead atoms. The van der Waals surface area contributed by atoms with Crippen LogP contribution in [0.15, 0.2) is 72.8 Å². The van der Waals surface area contributed by atoms with Gasteiger partial charge < -0.3 is 15.0 Å². The standard InChI is InChI=1S/C24H17F3N2O3.Na.H/c1-29-20-11-10-17(12-15(20)13-21(29)23(31)32)28-22(30)19-5-3-2-4-18(19)14-6-8-16(9-7-14)24(25,26)27;;/h2-13H,1H3,(H,28,30)(H,31,32);;. The van der Waals surface area contributed by atoms with Crippen molar-refractivity contribution < 1.29 is 27.9 Å². The van der Waals surface area contributed by atoms with E-state index in [0.717, 1.165) is 12.1 Å². The van der Waals surface area contributed by atoms with Crippen LogP contribution in [0.5, 0.6) is 0 Å². The van der Waals surface area contributed by atoms with Gasteiger partial charge in [0.05, 0.1) is 5.56 Å². The molecule has 1 aromatic heterocycles. The summed E-state index contributed by atoms with van der Waals surface area (Å²) < 4.78 is 40.1. The molecule has 5 nitrogen and oxygen atoms in total. The van der Waals surface area contributed by atoms with Crippen molar-refractivity contribution in [3.05, 3.63) is 89.6 Å². The molecule has 3 aromatic carbocycles. The van der Waals surface area contributed by atoms with E-state index in [9.17, 15) is 27.9 Å². The van der Waals surface area contributed by atoms with Gasteiger partial charge in [0, 0.05) is 29.2 Å². The number of carbonyl (C=O) groups is 2. The number of carboxylic acids is 1. The zero-order chi connectivity index (χ0) is 23.0. The fourth-order valence-corrected chi connectivity index (χ4v) is 3.60. The number of alkyl halides is 3. The number of aromatic carboxylic acids is 1. The van der Waals surface area contributed by atoms with Crippen LogP contribution in [0, 0.1) is 0 Å². The van der Waals surface area contributed by atoms with E-state index in [0.29, 0.717) is 33.3 Å². The molecule has 9 heteroatoms. The van der Waals surface area contributed by atoms with E-state index in [1.54, 1.807) is 54.1 Å². The summed E-state index contributed by atoms with van der Waals surface area (Å²) >= 11 is 0. The number of nitrogens with one attached hydrogen (secondary N) is 1. The maximum absolute atomic E-state index is 13.0. The second kappa shape index (κ2) is 9.43. The fourth-order valence-electron chi connectivity index (χ4n) is 3.60. The zero-order valence-corrected chi connectivity index (χ0v) is 16.8. The molecule has 4 rings (SSSR count). The Labute approximate surface area is 209 Å². The summed E-state index contributed by atoms with van der Waals surface area (Å²) in [5.74, 6) is -1.49. The molecule has 4 aromatic rings. The van der Waals surface area contributed by atoms with Crippen molar-refractivity contribution in [2.75, 3.05) is 5.32 Å². The molecule has 0 aliphatic heterocycles. The third kappa shape index (κ3) is 4.98. The number of nitrogens with zero attached hydrogens (tertiary/aromatic N) is 1. The Kier molecular flexibility index (Phi) is 7.02. The van der Waals surface area contributed by atoms with Gasteiger partial charge in [-0.15, -0.1) is 0 Å². The summed E-state index contributed by atoms with van der Waals surface area (Å²) in [6, 6.07) is 17.8. The Morgan fingerprint density at radius 1 is 0.939 bits per heavy atom. The topological polar surface area (TPSA) is 71.3 Å². The van der Waals surface area contributed by atoms with Crippen LogP contribution in [0.3, 0.4) is 0 Å². The molecule has 0 radical (unpaired) electrons. The Morgan fingerprint density at radius 3 is 2.24 bits per heavy atom. The van der Waals surface area contributed by atoms with Crippen molar-refractivity contribution in [3.63, 3.8) is 0 Å². The average Bonchev–Trinajstić information content (AvgIpc) is 3.09. The SMILES string of the molecule is Cn1c(C(=O)O)cc2cc(NC(=O)c3ccccc3-c3ccc(C(F)(F)F)cc3)ccc21.[NaH]. The molecule has 33 heavy (non-hydrogen) atoms. The molecule has 0 aliphatic rings. The predicted molar refractivity (Wildman–Crippen MR) is 122 cm³/mol. The summed E-state index contributed by atoms with van der Waals surface area (Å²) in [5.41, 5.74) is 1.79. The summed E-state index contributed by atoms with van der Waals surface area (Å²) in [6.45, 7) is 0. The predicted octanol–water partition coefficient (Wildman–Crippen LogP) is 5.17. The van der Waals surface area contributed by atoms with Crippen molar-refractivity contribution in [1.29, 1.82) is 0 Å². The third-order valence-corrected chi connectivity index (χ3v) is 5.21. The number of carboxylic acid groups (broad SMARTS) is 1. The van der Waals surface area contributed by atoms with Crippen molar-refractivity contribution >= 4 is 58.0 Å². The van der Waals surface area contributed by atoms with Gasteiger partial charge in [-0.05, 0) is 53.6 Å². The van der Waals surface area contributed by atoms with Gasteiger partial charge >= 0.3 is 41.7 Å². The van der Waals surface area contributed by atoms with Crippen LogP contribution in [0.4, 0.5) is 18.9 Å². The van der Waals surface area contributed by atoms with Crippen molar-refractivity contribution in [2.45, 2.75) is 6.18 Å². The van der Waals surface area contributed by atoms with Gasteiger partial charge in [-0.2, -0.15) is 13.2 Å². The average molecular weight is 462 g/mol. The molecule has 1 heterocycles. The first-order valence-corrected chi connectivity index (χ1v) is 9.56. The normalized spacial score (nSPS) is 11.2. The summed E-state index contributed by atoms with van der Waals surface area (Å²) in [7, 11) is 1.64. The second-order valence-electron chi connectivity index (χ2n) is 7.24. The minimum atomic E-state index is -4.44. The van der Waals surface area contributed by atoms with Crippen molar-refractivity contribution in [2.24, 2.45) is 7.05 Å². The van der Waals surface area contributed by atoms with Gasteiger partial charge in [0.2, 0.25) is 0 Å². The number of anilines is 1. The van der Waals surface area contributed by atoms with Crippen LogP contribution < -0.4 is 5.32 Å². The van der Waals surface area contributed by atoms with Gasteiger partial charge in [-0.25, -0.2) is 4.79 Å². The molecule has 0 saturated heterocycles. The number of aromatic nitrogens is 1. The molecule has 0 unspecified atom stereocenters. The third-order valence-electron chi connectivity index (χ3n) is 5.21. The van der Waals surface area contributed by atoms with E-state index in [1.165, 1.54) is 18.2 Å². The number of benzene rings is 3. The van der Waals surface area contributed by atoms with E-state index >= 15 is 0 Å². The molecule has 0 saturated carbocycles. The maximum atomic E-state index is 13.0. The molecule has 0 aliphatic carbocycles. The quantitative estimate of drug-likeness (QED) is 0.412. The van der Waals surface area contributed by atoms with Gasteiger partial charge in [0.15, 0.2) is 0 Å². The first-order chi connectivity index (χ1) is 15.1. The molecular weight excluding hydrogens is 444 g/mol. The van der Waals surface area contributed by atoms with E-state index in [4.69, 9.17) is 0 Å². The van der Waals surface area contributed by atoms with Gasteiger partial charge in [-0.1, -0.05) is 30.3 Å². The summed E-state index contributed by atoms with van der Waals surface area (Å²) in [5, 5.41) is 12.7. The van der Waals surface area contributed by atoms with E-state index in [-0.39, 0.29) is 35.3 Å². The van der Waals surface area contributed by atoms with E-state index in [2.05, 4.69) is 5.32 Å². The first-order valence-electron chi connectivity index (χ1n) is 9.56. The number of hydrogen-bond acceptors (Lipinski definition) is 2. The van der Waals surface area contributed by atoms with Gasteiger partial charge in [0.1, 0.15) is 5.69 Å². The number of halogens is 3. The molecule has 0 atom stereocenters. The van der Waals surface area contributed by atoms with Crippen LogP contribution >= 0.6 is 0 Å². The van der Waals surface area contributed by atoms with Crippen molar-refractivity contribution in [3.8, 4) is 11.1 Å². The number of aryl methyl sites for hydroxylation is 1. The monoisotopic (exact) mass is 462 g/mol. The molecule has 0 fully saturated rings. The summed E-state index contributed by atoms with van der Waals surface area (Å²) in [4.78, 5) is 24.3. The van der Waals surface area contributed by atoms with Crippen LogP contribution in [-0.4, -0.2) is 51.1 Å². The van der Waals surface area contributed by atoms with Crippen molar-refractivity contribution in [1.82, 2.24) is 4.57 Å². The Hall–Kier alpha value is -3.07. The Bertz CT molecular complexity index is 1350. The van der Waals surface area contributed by atoms with Crippen LogP contribution in [0.2, 0.25) is 0 Å². The number of hydrogen-bond donors (Lipinski definition) is 2. The number of fused-ring (bicyclic) bond motifs is 1. The van der Waals surface area contributed by atoms with E-state index in [1.807, 2.05) is 0 Å². The number of carbonyl (C=O) groups excluding carboxylic acids is 1. The van der Waals surface area contributed by atoms with Crippen LogP contribution in [-0.2, 0) is 13.2 Å². The Balaban J connectivity index is 0.00000306. The number of amides is 1. The molecule has 2 N–H and O–H groups in total. The fraction of sp³-hybridized carbons (Fsp3) is 0.0833.